The molecule has 0 saturated heterocycles. The van der Waals surface area contributed by atoms with Crippen LogP contribution in [0.4, 0.5) is 0 Å². The van der Waals surface area contributed by atoms with Crippen molar-refractivity contribution in [3.8, 4) is 45.3 Å². The van der Waals surface area contributed by atoms with E-state index >= 15 is 0 Å². The van der Waals surface area contributed by atoms with Gasteiger partial charge < -0.3 is 8.83 Å². The zero-order valence-corrected chi connectivity index (χ0v) is 25.6. The molecule has 5 heteroatoms. The largest absolute Gasteiger partial charge is 0.456 e. The van der Waals surface area contributed by atoms with Gasteiger partial charge >= 0.3 is 0 Å². The van der Waals surface area contributed by atoms with E-state index in [0.29, 0.717) is 17.5 Å². The van der Waals surface area contributed by atoms with Crippen LogP contribution in [-0.2, 0) is 0 Å². The summed E-state index contributed by atoms with van der Waals surface area (Å²) in [5, 5.41) is 6.09. The van der Waals surface area contributed by atoms with Crippen LogP contribution >= 0.6 is 0 Å². The van der Waals surface area contributed by atoms with E-state index < -0.39 is 0 Å². The molecule has 0 fully saturated rings. The Labute approximate surface area is 274 Å². The number of aromatic nitrogens is 3. The van der Waals surface area contributed by atoms with Crippen LogP contribution in [0.5, 0.6) is 0 Å². The first-order valence-electron chi connectivity index (χ1n) is 15.9. The van der Waals surface area contributed by atoms with Crippen molar-refractivity contribution in [3.05, 3.63) is 152 Å². The zero-order valence-electron chi connectivity index (χ0n) is 25.6. The predicted octanol–water partition coefficient (Wildman–Crippen LogP) is 11.5. The number of fused-ring (bicyclic) bond motifs is 7. The number of rotatable bonds is 4. The van der Waals surface area contributed by atoms with Gasteiger partial charge in [-0.3, -0.25) is 0 Å². The van der Waals surface area contributed by atoms with Crippen LogP contribution in [0.2, 0.25) is 0 Å². The summed E-state index contributed by atoms with van der Waals surface area (Å²) in [5.41, 5.74) is 8.17. The topological polar surface area (TPSA) is 65.0 Å². The maximum Gasteiger partial charge on any atom is 0.165 e. The Hall–Kier alpha value is -6.59. The molecule has 3 heterocycles. The Bertz CT molecular complexity index is 2840. The molecule has 0 amide bonds. The predicted molar refractivity (Wildman–Crippen MR) is 194 cm³/mol. The summed E-state index contributed by atoms with van der Waals surface area (Å²) >= 11 is 0. The third-order valence-corrected chi connectivity index (χ3v) is 9.13. The minimum Gasteiger partial charge on any atom is -0.456 e. The monoisotopic (exact) mass is 615 g/mol. The maximum atomic E-state index is 6.63. The van der Waals surface area contributed by atoms with E-state index in [-0.39, 0.29) is 0 Å². The number of hydrogen-bond donors (Lipinski definition) is 0. The molecule has 10 rings (SSSR count). The van der Waals surface area contributed by atoms with Crippen molar-refractivity contribution in [2.45, 2.75) is 0 Å². The molecule has 7 aromatic carbocycles. The average Bonchev–Trinajstić information content (AvgIpc) is 3.72. The Kier molecular flexibility index (Phi) is 5.81. The fourth-order valence-electron chi connectivity index (χ4n) is 6.93. The second-order valence-electron chi connectivity index (χ2n) is 12.0. The first-order valence-corrected chi connectivity index (χ1v) is 15.9. The SMILES string of the molecule is c1ccc(-c2ccc3c(c2)oc2cc4ccccc4c(-c4nc(-c5ccccc5)nc(-c5cccc6oc7ccccc7c56)n4)c23)cc1. The minimum absolute atomic E-state index is 0.580. The molecule has 48 heavy (non-hydrogen) atoms. The zero-order chi connectivity index (χ0) is 31.6. The van der Waals surface area contributed by atoms with Crippen LogP contribution < -0.4 is 0 Å². The lowest BCUT2D eigenvalue weighted by Gasteiger charge is -2.12. The molecule has 0 unspecified atom stereocenters. The van der Waals surface area contributed by atoms with Gasteiger partial charge in [0.25, 0.3) is 0 Å². The summed E-state index contributed by atoms with van der Waals surface area (Å²) in [6, 6.07) is 51.5. The summed E-state index contributed by atoms with van der Waals surface area (Å²) in [4.78, 5) is 15.6. The third-order valence-electron chi connectivity index (χ3n) is 9.13. The molecule has 5 nitrogen and oxygen atoms in total. The van der Waals surface area contributed by atoms with Crippen LogP contribution in [0.3, 0.4) is 0 Å². The maximum absolute atomic E-state index is 6.63. The molecule has 0 N–H and O–H groups in total. The molecule has 0 saturated carbocycles. The van der Waals surface area contributed by atoms with Gasteiger partial charge in [-0.05, 0) is 52.2 Å². The van der Waals surface area contributed by atoms with Crippen LogP contribution in [0.1, 0.15) is 0 Å². The molecule has 3 aromatic heterocycles. The first-order chi connectivity index (χ1) is 23.8. The van der Waals surface area contributed by atoms with Crippen molar-refractivity contribution in [2.75, 3.05) is 0 Å². The normalized spacial score (nSPS) is 11.8. The van der Waals surface area contributed by atoms with Crippen molar-refractivity contribution in [2.24, 2.45) is 0 Å². The fraction of sp³-hybridized carbons (Fsp3) is 0. The van der Waals surface area contributed by atoms with Gasteiger partial charge in [0.05, 0.1) is 0 Å². The molecule has 0 radical (unpaired) electrons. The Morgan fingerprint density at radius 1 is 0.354 bits per heavy atom. The lowest BCUT2D eigenvalue weighted by atomic mass is 9.96. The van der Waals surface area contributed by atoms with Crippen LogP contribution in [0.25, 0.3) is 99.9 Å². The van der Waals surface area contributed by atoms with Crippen LogP contribution in [0, 0.1) is 0 Å². The van der Waals surface area contributed by atoms with Gasteiger partial charge in [-0.15, -0.1) is 0 Å². The smallest absolute Gasteiger partial charge is 0.165 e. The van der Waals surface area contributed by atoms with Gasteiger partial charge in [-0.1, -0.05) is 121 Å². The van der Waals surface area contributed by atoms with E-state index in [1.54, 1.807) is 0 Å². The van der Waals surface area contributed by atoms with Crippen molar-refractivity contribution in [1.29, 1.82) is 0 Å². The average molecular weight is 616 g/mol. The summed E-state index contributed by atoms with van der Waals surface area (Å²) in [6.45, 7) is 0. The van der Waals surface area contributed by atoms with Crippen molar-refractivity contribution in [1.82, 2.24) is 15.0 Å². The second kappa shape index (κ2) is 10.5. The van der Waals surface area contributed by atoms with Crippen molar-refractivity contribution >= 4 is 54.6 Å². The lowest BCUT2D eigenvalue weighted by Crippen LogP contribution is -2.01. The molecule has 10 aromatic rings. The molecular formula is C43H25N3O2. The number of furan rings is 2. The van der Waals surface area contributed by atoms with Crippen molar-refractivity contribution in [3.63, 3.8) is 0 Å². The van der Waals surface area contributed by atoms with E-state index in [1.807, 2.05) is 72.8 Å². The van der Waals surface area contributed by atoms with E-state index in [2.05, 4.69) is 78.9 Å². The Morgan fingerprint density at radius 2 is 1.00 bits per heavy atom. The number of nitrogens with zero attached hydrogens (tertiary/aromatic N) is 3. The number of hydrogen-bond acceptors (Lipinski definition) is 5. The van der Waals surface area contributed by atoms with E-state index in [1.165, 1.54) is 0 Å². The third kappa shape index (κ3) is 4.15. The number of para-hydroxylation sites is 1. The van der Waals surface area contributed by atoms with E-state index in [0.717, 1.165) is 82.5 Å². The van der Waals surface area contributed by atoms with Gasteiger partial charge in [0.2, 0.25) is 0 Å². The quantitative estimate of drug-likeness (QED) is 0.197. The van der Waals surface area contributed by atoms with Gasteiger partial charge in [-0.25, -0.2) is 15.0 Å². The van der Waals surface area contributed by atoms with E-state index in [9.17, 15) is 0 Å². The number of benzene rings is 7. The van der Waals surface area contributed by atoms with Crippen LogP contribution in [0.15, 0.2) is 160 Å². The Balaban J connectivity index is 1.30. The molecule has 0 aliphatic heterocycles. The van der Waals surface area contributed by atoms with Gasteiger partial charge in [0, 0.05) is 38.2 Å². The lowest BCUT2D eigenvalue weighted by molar-refractivity contribution is 0.669. The summed E-state index contributed by atoms with van der Waals surface area (Å²) in [7, 11) is 0. The van der Waals surface area contributed by atoms with Crippen molar-refractivity contribution < 1.29 is 8.83 Å². The molecule has 224 valence electrons. The molecule has 0 spiro atoms. The molecular weight excluding hydrogens is 590 g/mol. The van der Waals surface area contributed by atoms with Gasteiger partial charge in [-0.2, -0.15) is 0 Å². The molecule has 0 aliphatic rings. The molecule has 0 bridgehead atoms. The summed E-state index contributed by atoms with van der Waals surface area (Å²) < 4.78 is 12.9. The fourth-order valence-corrected chi connectivity index (χ4v) is 6.93. The molecule has 0 aliphatic carbocycles. The molecule has 0 atom stereocenters. The highest BCUT2D eigenvalue weighted by Gasteiger charge is 2.22. The highest BCUT2D eigenvalue weighted by atomic mass is 16.3. The van der Waals surface area contributed by atoms with E-state index in [4.69, 9.17) is 23.8 Å². The van der Waals surface area contributed by atoms with Crippen LogP contribution in [-0.4, -0.2) is 15.0 Å². The summed E-state index contributed by atoms with van der Waals surface area (Å²) in [5.74, 6) is 1.76. The Morgan fingerprint density at radius 3 is 1.85 bits per heavy atom. The highest BCUT2D eigenvalue weighted by molar-refractivity contribution is 6.20. The summed E-state index contributed by atoms with van der Waals surface area (Å²) in [6.07, 6.45) is 0. The van der Waals surface area contributed by atoms with Gasteiger partial charge in [0.15, 0.2) is 17.5 Å². The minimum atomic E-state index is 0.580. The second-order valence-corrected chi connectivity index (χ2v) is 12.0. The highest BCUT2D eigenvalue weighted by Crippen LogP contribution is 2.43. The standard InChI is InChI=1S/C43H25N3O2/c1-3-12-26(13-4-1)28-22-23-32-36(24-28)48-37-25-29-16-7-8-17-30(29)40(39(32)37)43-45-41(27-14-5-2-6-15-27)44-42(46-43)33-19-11-21-35-38(33)31-18-9-10-20-34(31)47-35/h1-25H. The first kappa shape index (κ1) is 26.6. The van der Waals surface area contributed by atoms with Gasteiger partial charge in [0.1, 0.15) is 22.3 Å².